The van der Waals surface area contributed by atoms with Gasteiger partial charge in [-0.2, -0.15) is 0 Å². The van der Waals surface area contributed by atoms with Crippen molar-refractivity contribution in [1.29, 1.82) is 0 Å². The third kappa shape index (κ3) is 4.40. The van der Waals surface area contributed by atoms with Crippen LogP contribution in [0.4, 0.5) is 11.4 Å². The molecule has 0 saturated carbocycles. The van der Waals surface area contributed by atoms with E-state index in [0.717, 1.165) is 29.4 Å². The number of benzene rings is 2. The largest absolute Gasteiger partial charge is 0.497 e. The lowest BCUT2D eigenvalue weighted by atomic mass is 10.2. The van der Waals surface area contributed by atoms with Crippen LogP contribution in [0.25, 0.3) is 0 Å². The first-order chi connectivity index (χ1) is 10.6. The molecule has 118 valence electrons. The molecule has 0 saturated heterocycles. The van der Waals surface area contributed by atoms with Gasteiger partial charge in [-0.25, -0.2) is 0 Å². The monoisotopic (exact) mass is 300 g/mol. The lowest BCUT2D eigenvalue weighted by molar-refractivity contribution is 0.261. The van der Waals surface area contributed by atoms with Crippen LogP contribution in [0.3, 0.4) is 0 Å². The van der Waals surface area contributed by atoms with Crippen LogP contribution in [0.1, 0.15) is 0 Å². The van der Waals surface area contributed by atoms with Crippen molar-refractivity contribution in [3.8, 4) is 11.5 Å². The molecule has 0 fully saturated rings. The Morgan fingerprint density at radius 1 is 0.773 bits per heavy atom. The Kier molecular flexibility index (Phi) is 5.67. The van der Waals surface area contributed by atoms with E-state index < -0.39 is 0 Å². The van der Waals surface area contributed by atoms with E-state index in [2.05, 4.69) is 21.9 Å². The third-order valence-corrected chi connectivity index (χ3v) is 3.49. The second-order valence-electron chi connectivity index (χ2n) is 5.40. The van der Waals surface area contributed by atoms with Crippen molar-refractivity contribution in [3.63, 3.8) is 0 Å². The zero-order valence-electron chi connectivity index (χ0n) is 13.7. The maximum absolute atomic E-state index is 5.71. The van der Waals surface area contributed by atoms with Crippen LogP contribution in [-0.4, -0.2) is 46.3 Å². The molecule has 4 heteroatoms. The van der Waals surface area contributed by atoms with Gasteiger partial charge in [-0.15, -0.1) is 0 Å². The van der Waals surface area contributed by atoms with Gasteiger partial charge in [0.25, 0.3) is 0 Å². The third-order valence-electron chi connectivity index (χ3n) is 3.49. The maximum atomic E-state index is 5.71. The summed E-state index contributed by atoms with van der Waals surface area (Å²) in [6, 6.07) is 16.1. The van der Waals surface area contributed by atoms with Gasteiger partial charge in [0.05, 0.1) is 7.11 Å². The van der Waals surface area contributed by atoms with Crippen LogP contribution >= 0.6 is 0 Å². The van der Waals surface area contributed by atoms with E-state index in [1.54, 1.807) is 7.11 Å². The minimum Gasteiger partial charge on any atom is -0.497 e. The molecule has 0 aliphatic carbocycles. The van der Waals surface area contributed by atoms with Gasteiger partial charge in [0.1, 0.15) is 18.1 Å². The number of ether oxygens (including phenoxy) is 2. The molecule has 0 heterocycles. The maximum Gasteiger partial charge on any atom is 0.119 e. The molecule has 0 aromatic heterocycles. The average Bonchev–Trinajstić information content (AvgIpc) is 2.54. The van der Waals surface area contributed by atoms with Crippen LogP contribution in [-0.2, 0) is 0 Å². The number of hydrogen-bond acceptors (Lipinski definition) is 4. The summed E-state index contributed by atoms with van der Waals surface area (Å²) in [6.45, 7) is 1.61. The lowest BCUT2D eigenvalue weighted by Gasteiger charge is -2.20. The number of likely N-dealkylation sites (N-methyl/N-ethyl adjacent to an activating group) is 1. The topological polar surface area (TPSA) is 24.9 Å². The smallest absolute Gasteiger partial charge is 0.119 e. The summed E-state index contributed by atoms with van der Waals surface area (Å²) in [5.41, 5.74) is 2.23. The molecule has 4 nitrogen and oxygen atoms in total. The molecule has 0 spiro atoms. The van der Waals surface area contributed by atoms with E-state index in [0.29, 0.717) is 6.61 Å². The van der Waals surface area contributed by atoms with Gasteiger partial charge in [-0.05, 0) is 62.6 Å². The van der Waals surface area contributed by atoms with Crippen molar-refractivity contribution in [2.45, 2.75) is 0 Å². The van der Waals surface area contributed by atoms with E-state index in [9.17, 15) is 0 Å². The van der Waals surface area contributed by atoms with Gasteiger partial charge in [-0.1, -0.05) is 0 Å². The normalized spacial score (nSPS) is 10.6. The van der Waals surface area contributed by atoms with Crippen molar-refractivity contribution < 1.29 is 9.47 Å². The fourth-order valence-corrected chi connectivity index (χ4v) is 2.07. The second kappa shape index (κ2) is 7.71. The van der Waals surface area contributed by atoms with Gasteiger partial charge in [0.2, 0.25) is 0 Å². The summed E-state index contributed by atoms with van der Waals surface area (Å²) in [5.74, 6) is 1.76. The van der Waals surface area contributed by atoms with Crippen molar-refractivity contribution in [1.82, 2.24) is 4.90 Å². The quantitative estimate of drug-likeness (QED) is 0.782. The van der Waals surface area contributed by atoms with E-state index in [1.807, 2.05) is 57.5 Å². The Morgan fingerprint density at radius 3 is 1.73 bits per heavy atom. The fourth-order valence-electron chi connectivity index (χ4n) is 2.07. The first-order valence-corrected chi connectivity index (χ1v) is 7.35. The number of methoxy groups -OCH3 is 1. The van der Waals surface area contributed by atoms with Crippen molar-refractivity contribution in [2.24, 2.45) is 0 Å². The van der Waals surface area contributed by atoms with Gasteiger partial charge in [0.15, 0.2) is 0 Å². The highest BCUT2D eigenvalue weighted by molar-refractivity contribution is 5.63. The molecular formula is C18H24N2O2. The van der Waals surface area contributed by atoms with Crippen molar-refractivity contribution in [3.05, 3.63) is 48.5 Å². The summed E-state index contributed by atoms with van der Waals surface area (Å²) in [7, 11) is 7.80. The predicted molar refractivity (Wildman–Crippen MR) is 91.5 cm³/mol. The van der Waals surface area contributed by atoms with E-state index in [-0.39, 0.29) is 0 Å². The molecule has 0 bridgehead atoms. The van der Waals surface area contributed by atoms with E-state index in [4.69, 9.17) is 9.47 Å². The summed E-state index contributed by atoms with van der Waals surface area (Å²) in [4.78, 5) is 4.23. The van der Waals surface area contributed by atoms with Crippen LogP contribution in [0.2, 0.25) is 0 Å². The van der Waals surface area contributed by atoms with Gasteiger partial charge < -0.3 is 19.3 Å². The molecule has 0 aliphatic heterocycles. The second-order valence-corrected chi connectivity index (χ2v) is 5.40. The molecule has 2 aromatic carbocycles. The summed E-state index contributed by atoms with van der Waals surface area (Å²) in [5, 5.41) is 0. The highest BCUT2D eigenvalue weighted by atomic mass is 16.5. The minimum atomic E-state index is 0.695. The van der Waals surface area contributed by atoms with Crippen molar-refractivity contribution >= 4 is 11.4 Å². The SMILES string of the molecule is COc1ccc(N(C)c2ccc(OCCN(C)C)cc2)cc1. The number of rotatable bonds is 7. The predicted octanol–water partition coefficient (Wildman–Crippen LogP) is 3.40. The van der Waals surface area contributed by atoms with Crippen LogP contribution < -0.4 is 14.4 Å². The zero-order valence-corrected chi connectivity index (χ0v) is 13.7. The van der Waals surface area contributed by atoms with Gasteiger partial charge in [0, 0.05) is 25.0 Å². The standard InChI is InChI=1S/C18H24N2O2/c1-19(2)13-14-22-18-11-7-16(8-12-18)20(3)15-5-9-17(21-4)10-6-15/h5-12H,13-14H2,1-4H3. The van der Waals surface area contributed by atoms with E-state index in [1.165, 1.54) is 0 Å². The lowest BCUT2D eigenvalue weighted by Crippen LogP contribution is -2.19. The minimum absolute atomic E-state index is 0.695. The van der Waals surface area contributed by atoms with Crippen molar-refractivity contribution in [2.75, 3.05) is 46.3 Å². The molecule has 0 amide bonds. The molecule has 0 unspecified atom stereocenters. The molecular weight excluding hydrogens is 276 g/mol. The zero-order chi connectivity index (χ0) is 15.9. The summed E-state index contributed by atoms with van der Waals surface area (Å²) >= 11 is 0. The molecule has 0 aliphatic rings. The average molecular weight is 300 g/mol. The van der Waals surface area contributed by atoms with Gasteiger partial charge >= 0.3 is 0 Å². The molecule has 2 rings (SSSR count). The van der Waals surface area contributed by atoms with Crippen LogP contribution in [0.5, 0.6) is 11.5 Å². The first-order valence-electron chi connectivity index (χ1n) is 7.35. The van der Waals surface area contributed by atoms with Crippen LogP contribution in [0, 0.1) is 0 Å². The Labute approximate surface area is 132 Å². The Hall–Kier alpha value is -2.20. The first kappa shape index (κ1) is 16.2. The molecule has 0 radical (unpaired) electrons. The highest BCUT2D eigenvalue weighted by Gasteiger charge is 2.04. The Bertz CT molecular complexity index is 565. The Morgan fingerprint density at radius 2 is 1.27 bits per heavy atom. The van der Waals surface area contributed by atoms with E-state index >= 15 is 0 Å². The summed E-state index contributed by atoms with van der Waals surface area (Å²) < 4.78 is 10.9. The number of anilines is 2. The number of hydrogen-bond donors (Lipinski definition) is 0. The molecule has 2 aromatic rings. The number of nitrogens with zero attached hydrogens (tertiary/aromatic N) is 2. The molecule has 0 atom stereocenters. The molecule has 0 N–H and O–H groups in total. The highest BCUT2D eigenvalue weighted by Crippen LogP contribution is 2.27. The molecule has 22 heavy (non-hydrogen) atoms. The summed E-state index contributed by atoms with van der Waals surface area (Å²) in [6.07, 6.45) is 0. The van der Waals surface area contributed by atoms with Crippen LogP contribution in [0.15, 0.2) is 48.5 Å². The Balaban J connectivity index is 1.99. The van der Waals surface area contributed by atoms with Gasteiger partial charge in [-0.3, -0.25) is 0 Å². The fraction of sp³-hybridized carbons (Fsp3) is 0.333.